The van der Waals surface area contributed by atoms with E-state index in [1.54, 1.807) is 0 Å². The molecule has 1 heterocycles. The predicted octanol–water partition coefficient (Wildman–Crippen LogP) is -0.848. The normalized spacial score (nSPS) is 24.0. The molecule has 1 amide bonds. The Morgan fingerprint density at radius 3 is 2.41 bits per heavy atom. The van der Waals surface area contributed by atoms with Gasteiger partial charge in [-0.15, -0.1) is 0 Å². The standard InChI is InChI=1S/C11H14N2O4/c12-7-2-1-6(3-8(7)14)11(17)13-4-9(15)10(16)5-13/h1-3,9-10,14-16H,4-5,12H2/t9-,10+. The van der Waals surface area contributed by atoms with E-state index in [1.807, 2.05) is 0 Å². The number of rotatable bonds is 1. The minimum atomic E-state index is -0.915. The van der Waals surface area contributed by atoms with Crippen molar-refractivity contribution in [2.75, 3.05) is 18.8 Å². The van der Waals surface area contributed by atoms with Crippen molar-refractivity contribution in [2.45, 2.75) is 12.2 Å². The van der Waals surface area contributed by atoms with E-state index in [1.165, 1.54) is 23.1 Å². The number of phenolic OH excluding ortho intramolecular Hbond substituents is 1. The lowest BCUT2D eigenvalue weighted by molar-refractivity contribution is 0.0572. The van der Waals surface area contributed by atoms with Crippen molar-refractivity contribution >= 4 is 11.6 Å². The smallest absolute Gasteiger partial charge is 0.254 e. The molecule has 6 nitrogen and oxygen atoms in total. The highest BCUT2D eigenvalue weighted by Gasteiger charge is 2.33. The number of likely N-dealkylation sites (tertiary alicyclic amines) is 1. The Labute approximate surface area is 97.9 Å². The van der Waals surface area contributed by atoms with Crippen LogP contribution in [-0.2, 0) is 0 Å². The molecule has 0 bridgehead atoms. The van der Waals surface area contributed by atoms with Crippen LogP contribution in [0.1, 0.15) is 10.4 Å². The number of anilines is 1. The summed E-state index contributed by atoms with van der Waals surface area (Å²) < 4.78 is 0. The van der Waals surface area contributed by atoms with E-state index in [0.717, 1.165) is 0 Å². The number of β-amino-alcohol motifs (C(OH)–C–C–N with tert-alkyl or cyclic N) is 2. The van der Waals surface area contributed by atoms with Crippen molar-refractivity contribution in [3.8, 4) is 5.75 Å². The van der Waals surface area contributed by atoms with E-state index in [2.05, 4.69) is 0 Å². The fourth-order valence-electron chi connectivity index (χ4n) is 1.79. The van der Waals surface area contributed by atoms with Gasteiger partial charge >= 0.3 is 0 Å². The van der Waals surface area contributed by atoms with Crippen LogP contribution in [0.2, 0.25) is 0 Å². The van der Waals surface area contributed by atoms with Crippen molar-refractivity contribution in [3.05, 3.63) is 23.8 Å². The molecule has 2 atom stereocenters. The molecule has 1 aliphatic rings. The molecule has 1 fully saturated rings. The van der Waals surface area contributed by atoms with Gasteiger partial charge in [0, 0.05) is 18.7 Å². The Morgan fingerprint density at radius 1 is 1.29 bits per heavy atom. The highest BCUT2D eigenvalue weighted by Crippen LogP contribution is 2.22. The van der Waals surface area contributed by atoms with Crippen molar-refractivity contribution < 1.29 is 20.1 Å². The third-order valence-corrected chi connectivity index (χ3v) is 2.82. The van der Waals surface area contributed by atoms with E-state index in [0.29, 0.717) is 0 Å². The van der Waals surface area contributed by atoms with E-state index in [4.69, 9.17) is 5.73 Å². The zero-order chi connectivity index (χ0) is 12.6. The van der Waals surface area contributed by atoms with Gasteiger partial charge in [-0.3, -0.25) is 4.79 Å². The van der Waals surface area contributed by atoms with E-state index in [9.17, 15) is 20.1 Å². The molecule has 17 heavy (non-hydrogen) atoms. The number of amides is 1. The summed E-state index contributed by atoms with van der Waals surface area (Å²) in [6.45, 7) is 0.177. The van der Waals surface area contributed by atoms with Gasteiger partial charge in [-0.05, 0) is 18.2 Å². The highest BCUT2D eigenvalue weighted by molar-refractivity contribution is 5.95. The molecule has 0 spiro atoms. The Hall–Kier alpha value is -1.79. The minimum absolute atomic E-state index is 0.0884. The molecule has 2 rings (SSSR count). The molecular weight excluding hydrogens is 224 g/mol. The molecule has 1 aliphatic heterocycles. The van der Waals surface area contributed by atoms with Gasteiger partial charge in [0.1, 0.15) is 5.75 Å². The fraction of sp³-hybridized carbons (Fsp3) is 0.364. The van der Waals surface area contributed by atoms with Gasteiger partial charge < -0.3 is 26.0 Å². The maximum atomic E-state index is 12.0. The number of nitrogens with zero attached hydrogens (tertiary/aromatic N) is 1. The van der Waals surface area contributed by atoms with Crippen LogP contribution in [0.3, 0.4) is 0 Å². The lowest BCUT2D eigenvalue weighted by Crippen LogP contribution is -2.29. The zero-order valence-electron chi connectivity index (χ0n) is 9.08. The quantitative estimate of drug-likeness (QED) is 0.376. The summed E-state index contributed by atoms with van der Waals surface area (Å²) in [6, 6.07) is 4.20. The van der Waals surface area contributed by atoms with Crippen LogP contribution in [0.25, 0.3) is 0 Å². The fourth-order valence-corrected chi connectivity index (χ4v) is 1.79. The van der Waals surface area contributed by atoms with Gasteiger partial charge in [0.2, 0.25) is 0 Å². The summed E-state index contributed by atoms with van der Waals surface area (Å²) in [7, 11) is 0. The van der Waals surface area contributed by atoms with E-state index in [-0.39, 0.29) is 36.0 Å². The molecule has 0 radical (unpaired) electrons. The van der Waals surface area contributed by atoms with Crippen molar-refractivity contribution in [1.29, 1.82) is 0 Å². The number of hydrogen-bond donors (Lipinski definition) is 4. The Balaban J connectivity index is 2.17. The van der Waals surface area contributed by atoms with E-state index < -0.39 is 12.2 Å². The topological polar surface area (TPSA) is 107 Å². The number of aliphatic hydroxyl groups is 2. The maximum Gasteiger partial charge on any atom is 0.254 e. The number of nitrogens with two attached hydrogens (primary N) is 1. The number of phenols is 1. The third-order valence-electron chi connectivity index (χ3n) is 2.82. The lowest BCUT2D eigenvalue weighted by atomic mass is 10.1. The average Bonchev–Trinajstić information content (AvgIpc) is 2.62. The molecule has 0 aromatic heterocycles. The number of aromatic hydroxyl groups is 1. The number of carbonyl (C=O) groups excluding carboxylic acids is 1. The molecule has 1 aromatic carbocycles. The van der Waals surface area contributed by atoms with Crippen LogP contribution < -0.4 is 5.73 Å². The predicted molar refractivity (Wildman–Crippen MR) is 60.4 cm³/mol. The van der Waals surface area contributed by atoms with Gasteiger partial charge in [0.15, 0.2) is 0 Å². The molecule has 0 aliphatic carbocycles. The molecule has 0 saturated carbocycles. The van der Waals surface area contributed by atoms with Crippen LogP contribution in [-0.4, -0.2) is 51.4 Å². The summed E-state index contributed by atoms with van der Waals surface area (Å²) in [6.07, 6.45) is -1.83. The SMILES string of the molecule is Nc1ccc(C(=O)N2C[C@@H](O)[C@@H](O)C2)cc1O. The first kappa shape index (κ1) is 11.7. The molecule has 1 aromatic rings. The number of nitrogen functional groups attached to an aromatic ring is 1. The average molecular weight is 238 g/mol. The minimum Gasteiger partial charge on any atom is -0.506 e. The molecule has 5 N–H and O–H groups in total. The van der Waals surface area contributed by atoms with Gasteiger partial charge in [-0.2, -0.15) is 0 Å². The van der Waals surface area contributed by atoms with Crippen LogP contribution in [0.4, 0.5) is 5.69 Å². The second-order valence-electron chi connectivity index (χ2n) is 4.12. The van der Waals surface area contributed by atoms with Crippen molar-refractivity contribution in [1.82, 2.24) is 4.90 Å². The summed E-state index contributed by atoms with van der Waals surface area (Å²) >= 11 is 0. The lowest BCUT2D eigenvalue weighted by Gasteiger charge is -2.15. The van der Waals surface area contributed by atoms with Crippen LogP contribution in [0.5, 0.6) is 5.75 Å². The number of benzene rings is 1. The van der Waals surface area contributed by atoms with Crippen LogP contribution in [0, 0.1) is 0 Å². The first-order valence-electron chi connectivity index (χ1n) is 5.23. The van der Waals surface area contributed by atoms with Crippen molar-refractivity contribution in [2.24, 2.45) is 0 Å². The largest absolute Gasteiger partial charge is 0.506 e. The van der Waals surface area contributed by atoms with Crippen LogP contribution >= 0.6 is 0 Å². The van der Waals surface area contributed by atoms with Gasteiger partial charge in [-0.1, -0.05) is 0 Å². The Morgan fingerprint density at radius 2 is 1.88 bits per heavy atom. The third kappa shape index (κ3) is 2.17. The molecule has 6 heteroatoms. The first-order chi connectivity index (χ1) is 7.99. The van der Waals surface area contributed by atoms with E-state index >= 15 is 0 Å². The number of carbonyl (C=O) groups is 1. The Bertz CT molecular complexity index is 439. The molecule has 92 valence electrons. The number of aliphatic hydroxyl groups excluding tert-OH is 2. The highest BCUT2D eigenvalue weighted by atomic mass is 16.3. The van der Waals surface area contributed by atoms with Gasteiger partial charge in [0.05, 0.1) is 17.9 Å². The Kier molecular flexibility index (Phi) is 2.91. The van der Waals surface area contributed by atoms with Gasteiger partial charge in [-0.25, -0.2) is 0 Å². The van der Waals surface area contributed by atoms with Crippen LogP contribution in [0.15, 0.2) is 18.2 Å². The summed E-state index contributed by atoms with van der Waals surface area (Å²) in [4.78, 5) is 13.3. The summed E-state index contributed by atoms with van der Waals surface area (Å²) in [5.74, 6) is -0.507. The molecular formula is C11H14N2O4. The number of hydrogen-bond acceptors (Lipinski definition) is 5. The molecule has 1 saturated heterocycles. The zero-order valence-corrected chi connectivity index (χ0v) is 9.08. The first-order valence-corrected chi connectivity index (χ1v) is 5.23. The molecule has 0 unspecified atom stereocenters. The maximum absolute atomic E-state index is 12.0. The summed E-state index contributed by atoms with van der Waals surface area (Å²) in [5, 5.41) is 28.1. The van der Waals surface area contributed by atoms with Crippen molar-refractivity contribution in [3.63, 3.8) is 0 Å². The monoisotopic (exact) mass is 238 g/mol. The second kappa shape index (κ2) is 4.23. The second-order valence-corrected chi connectivity index (χ2v) is 4.12. The summed E-state index contributed by atoms with van der Waals surface area (Å²) in [5.41, 5.74) is 5.90. The van der Waals surface area contributed by atoms with Gasteiger partial charge in [0.25, 0.3) is 5.91 Å².